The number of carbonyl (C=O) groups is 1. The Morgan fingerprint density at radius 1 is 0.912 bits per heavy atom. The highest BCUT2D eigenvalue weighted by atomic mass is 19.1. The average molecular weight is 456 g/mol. The molecule has 3 aromatic carbocycles. The van der Waals surface area contributed by atoms with Gasteiger partial charge in [0.15, 0.2) is 12.4 Å². The van der Waals surface area contributed by atoms with Crippen molar-refractivity contribution in [1.29, 1.82) is 0 Å². The van der Waals surface area contributed by atoms with Crippen molar-refractivity contribution in [1.82, 2.24) is 0 Å². The minimum atomic E-state index is -0.641. The van der Waals surface area contributed by atoms with Crippen molar-refractivity contribution in [2.75, 3.05) is 6.61 Å². The summed E-state index contributed by atoms with van der Waals surface area (Å²) >= 11 is 0. The molecule has 0 aliphatic heterocycles. The van der Waals surface area contributed by atoms with Crippen LogP contribution in [0.4, 0.5) is 4.39 Å². The molecule has 2 aromatic heterocycles. The lowest BCUT2D eigenvalue weighted by atomic mass is 10.0. The third-order valence-electron chi connectivity index (χ3n) is 5.57. The maximum atomic E-state index is 13.1. The molecule has 0 spiro atoms. The number of benzene rings is 3. The summed E-state index contributed by atoms with van der Waals surface area (Å²) in [4.78, 5) is 37.4. The highest BCUT2D eigenvalue weighted by Gasteiger charge is 2.17. The van der Waals surface area contributed by atoms with Crippen molar-refractivity contribution in [2.45, 2.75) is 6.92 Å². The number of ketones is 1. The molecule has 0 fully saturated rings. The minimum absolute atomic E-state index is 0.233. The standard InChI is InChI=1S/C27H17FO6/c1-15-23(32-14-22(29)16-6-8-18(28)9-7-16)11-10-19-20(13-25(30)34-26(15)19)21-12-17-4-2-3-5-24(17)33-27(21)31/h2-13H,14H2,1H3. The van der Waals surface area contributed by atoms with Gasteiger partial charge >= 0.3 is 11.3 Å². The Kier molecular flexibility index (Phi) is 5.30. The van der Waals surface area contributed by atoms with Crippen LogP contribution in [0.1, 0.15) is 15.9 Å². The molecule has 5 aromatic rings. The summed E-state index contributed by atoms with van der Waals surface area (Å²) in [7, 11) is 0. The van der Waals surface area contributed by atoms with Crippen LogP contribution in [0.2, 0.25) is 0 Å². The van der Waals surface area contributed by atoms with Crippen LogP contribution >= 0.6 is 0 Å². The third kappa shape index (κ3) is 3.88. The molecule has 0 amide bonds. The first-order valence-corrected chi connectivity index (χ1v) is 10.4. The molecule has 0 aliphatic carbocycles. The number of halogens is 1. The Morgan fingerprint density at radius 2 is 1.68 bits per heavy atom. The number of rotatable bonds is 5. The Bertz CT molecular complexity index is 1680. The smallest absolute Gasteiger partial charge is 0.344 e. The quantitative estimate of drug-likeness (QED) is 0.264. The first kappa shape index (κ1) is 21.3. The van der Waals surface area contributed by atoms with E-state index < -0.39 is 17.1 Å². The average Bonchev–Trinajstić information content (AvgIpc) is 2.83. The fourth-order valence-corrected chi connectivity index (χ4v) is 3.83. The zero-order valence-electron chi connectivity index (χ0n) is 18.0. The van der Waals surface area contributed by atoms with Gasteiger partial charge in [-0.25, -0.2) is 14.0 Å². The molecule has 168 valence electrons. The van der Waals surface area contributed by atoms with Crippen LogP contribution in [-0.2, 0) is 0 Å². The van der Waals surface area contributed by atoms with E-state index in [9.17, 15) is 18.8 Å². The molecule has 2 heterocycles. The summed E-state index contributed by atoms with van der Waals surface area (Å²) in [6.45, 7) is 1.41. The van der Waals surface area contributed by atoms with E-state index in [0.717, 1.165) is 5.39 Å². The SMILES string of the molecule is Cc1c(OCC(=O)c2ccc(F)cc2)ccc2c(-c3cc4ccccc4oc3=O)cc(=O)oc12. The second kappa shape index (κ2) is 8.44. The number of fused-ring (bicyclic) bond motifs is 2. The number of Topliss-reactive ketones (excluding diaryl/α,β-unsaturated/α-hetero) is 1. The van der Waals surface area contributed by atoms with E-state index in [1.807, 2.05) is 12.1 Å². The van der Waals surface area contributed by atoms with E-state index in [4.69, 9.17) is 13.6 Å². The molecule has 7 heteroatoms. The van der Waals surface area contributed by atoms with Gasteiger partial charge in [0.1, 0.15) is 22.7 Å². The van der Waals surface area contributed by atoms with Crippen LogP contribution in [-0.4, -0.2) is 12.4 Å². The molecular formula is C27H17FO6. The predicted octanol–water partition coefficient (Wildman–Crippen LogP) is 5.28. The van der Waals surface area contributed by atoms with E-state index in [2.05, 4.69) is 0 Å². The van der Waals surface area contributed by atoms with E-state index in [1.165, 1.54) is 30.3 Å². The van der Waals surface area contributed by atoms with Gasteiger partial charge < -0.3 is 13.6 Å². The Morgan fingerprint density at radius 3 is 2.47 bits per heavy atom. The maximum Gasteiger partial charge on any atom is 0.344 e. The summed E-state index contributed by atoms with van der Waals surface area (Å²) < 4.78 is 29.6. The molecule has 6 nitrogen and oxygen atoms in total. The predicted molar refractivity (Wildman–Crippen MR) is 125 cm³/mol. The molecule has 0 bridgehead atoms. The summed E-state index contributed by atoms with van der Waals surface area (Å²) in [6, 6.07) is 18.5. The molecule has 0 unspecified atom stereocenters. The normalized spacial score (nSPS) is 11.1. The molecule has 0 radical (unpaired) electrons. The molecule has 0 aliphatic rings. The molecule has 34 heavy (non-hydrogen) atoms. The summed E-state index contributed by atoms with van der Waals surface area (Å²) in [6.07, 6.45) is 0. The summed E-state index contributed by atoms with van der Waals surface area (Å²) in [5, 5.41) is 1.24. The van der Waals surface area contributed by atoms with E-state index in [-0.39, 0.29) is 23.5 Å². The third-order valence-corrected chi connectivity index (χ3v) is 5.57. The number of carbonyl (C=O) groups excluding carboxylic acids is 1. The van der Waals surface area contributed by atoms with Gasteiger partial charge in [-0.15, -0.1) is 0 Å². The zero-order chi connectivity index (χ0) is 23.8. The lowest BCUT2D eigenvalue weighted by molar-refractivity contribution is 0.0921. The lowest BCUT2D eigenvalue weighted by Gasteiger charge is -2.12. The van der Waals surface area contributed by atoms with Crippen LogP contribution < -0.4 is 16.0 Å². The van der Waals surface area contributed by atoms with Gasteiger partial charge in [0.25, 0.3) is 0 Å². The van der Waals surface area contributed by atoms with Crippen LogP contribution in [0.3, 0.4) is 0 Å². The fourth-order valence-electron chi connectivity index (χ4n) is 3.83. The fraction of sp³-hybridized carbons (Fsp3) is 0.0741. The topological polar surface area (TPSA) is 86.7 Å². The Labute approximate surface area is 191 Å². The van der Waals surface area contributed by atoms with Crippen LogP contribution in [0.25, 0.3) is 33.1 Å². The summed E-state index contributed by atoms with van der Waals surface area (Å²) in [5.74, 6) is -0.425. The first-order chi connectivity index (χ1) is 16.4. The van der Waals surface area contributed by atoms with Crippen molar-refractivity contribution in [3.05, 3.63) is 111 Å². The first-order valence-electron chi connectivity index (χ1n) is 10.4. The minimum Gasteiger partial charge on any atom is -0.485 e. The van der Waals surface area contributed by atoms with Gasteiger partial charge in [-0.05, 0) is 55.5 Å². The van der Waals surface area contributed by atoms with Gasteiger partial charge in [-0.3, -0.25) is 4.79 Å². The second-order valence-electron chi connectivity index (χ2n) is 7.75. The molecule has 0 N–H and O–H groups in total. The van der Waals surface area contributed by atoms with Crippen LogP contribution in [0.15, 0.2) is 91.2 Å². The number of ether oxygens (including phenoxy) is 1. The molecular weight excluding hydrogens is 439 g/mol. The van der Waals surface area contributed by atoms with Crippen molar-refractivity contribution >= 4 is 27.7 Å². The monoisotopic (exact) mass is 456 g/mol. The van der Waals surface area contributed by atoms with Gasteiger partial charge in [0.05, 0.1) is 5.56 Å². The highest BCUT2D eigenvalue weighted by Crippen LogP contribution is 2.33. The maximum absolute atomic E-state index is 13.1. The highest BCUT2D eigenvalue weighted by molar-refractivity contribution is 5.98. The number of aryl methyl sites for hydroxylation is 1. The van der Waals surface area contributed by atoms with E-state index >= 15 is 0 Å². The molecule has 0 saturated carbocycles. The number of hydrogen-bond donors (Lipinski definition) is 0. The Hall–Kier alpha value is -4.52. The van der Waals surface area contributed by atoms with Crippen molar-refractivity contribution in [3.63, 3.8) is 0 Å². The molecule has 5 rings (SSSR count). The zero-order valence-corrected chi connectivity index (χ0v) is 18.0. The van der Waals surface area contributed by atoms with Gasteiger partial charge in [-0.2, -0.15) is 0 Å². The summed E-state index contributed by atoms with van der Waals surface area (Å²) in [5.41, 5.74) is 0.887. The molecule has 0 atom stereocenters. The lowest BCUT2D eigenvalue weighted by Crippen LogP contribution is -2.12. The van der Waals surface area contributed by atoms with Crippen LogP contribution in [0, 0.1) is 12.7 Å². The van der Waals surface area contributed by atoms with E-state index in [0.29, 0.717) is 33.4 Å². The van der Waals surface area contributed by atoms with Gasteiger partial charge in [0, 0.05) is 33.5 Å². The number of para-hydroxylation sites is 1. The Balaban J connectivity index is 1.54. The number of hydrogen-bond acceptors (Lipinski definition) is 6. The van der Waals surface area contributed by atoms with Crippen molar-refractivity contribution in [2.24, 2.45) is 0 Å². The van der Waals surface area contributed by atoms with Crippen molar-refractivity contribution in [3.8, 4) is 16.9 Å². The van der Waals surface area contributed by atoms with Gasteiger partial charge in [0.2, 0.25) is 0 Å². The molecule has 0 saturated heterocycles. The van der Waals surface area contributed by atoms with Crippen LogP contribution in [0.5, 0.6) is 5.75 Å². The van der Waals surface area contributed by atoms with E-state index in [1.54, 1.807) is 37.3 Å². The largest absolute Gasteiger partial charge is 0.485 e. The second-order valence-corrected chi connectivity index (χ2v) is 7.75. The van der Waals surface area contributed by atoms with Gasteiger partial charge in [-0.1, -0.05) is 18.2 Å². The van der Waals surface area contributed by atoms with Crippen molar-refractivity contribution < 1.29 is 22.8 Å².